The number of allylic oxidation sites excluding steroid dienone is 1. The molecule has 2 bridgehead atoms. The lowest BCUT2D eigenvalue weighted by Gasteiger charge is -2.47. The van der Waals surface area contributed by atoms with Gasteiger partial charge in [-0.25, -0.2) is 0 Å². The van der Waals surface area contributed by atoms with E-state index in [9.17, 15) is 0 Å². The Labute approximate surface area is 119 Å². The first-order valence-corrected chi connectivity index (χ1v) is 8.85. The standard InChI is InChI=1S/C15H27P.BrH/c1-4-5-6-9-16-11-13(3)14-8-7-12(2)15(16)10-14;/h4,12-15H,1,5-11H2,2-3H3;1H. The van der Waals surface area contributed by atoms with Crippen molar-refractivity contribution in [3.8, 4) is 0 Å². The van der Waals surface area contributed by atoms with Crippen molar-refractivity contribution in [2.24, 2.45) is 17.8 Å². The van der Waals surface area contributed by atoms with Crippen molar-refractivity contribution in [2.75, 3.05) is 12.3 Å². The summed E-state index contributed by atoms with van der Waals surface area (Å²) in [6, 6.07) is 0. The molecule has 1 saturated carbocycles. The minimum Gasteiger partial charge on any atom is -0.114 e. The summed E-state index contributed by atoms with van der Waals surface area (Å²) < 4.78 is 0. The normalized spacial score (nSPS) is 40.5. The van der Waals surface area contributed by atoms with Gasteiger partial charge in [0.2, 0.25) is 0 Å². The Hall–Kier alpha value is 0.650. The van der Waals surface area contributed by atoms with Gasteiger partial charge in [0, 0.05) is 0 Å². The van der Waals surface area contributed by atoms with Crippen molar-refractivity contribution in [3.63, 3.8) is 0 Å². The Morgan fingerprint density at radius 2 is 2.00 bits per heavy atom. The third-order valence-electron chi connectivity index (χ3n) is 4.84. The Kier molecular flexibility index (Phi) is 6.74. The number of unbranched alkanes of at least 4 members (excludes halogenated alkanes) is 1. The van der Waals surface area contributed by atoms with E-state index in [0.717, 1.165) is 23.4 Å². The third-order valence-corrected chi connectivity index (χ3v) is 8.44. The monoisotopic (exact) mass is 318 g/mol. The largest absolute Gasteiger partial charge is 0.114 e. The fourth-order valence-corrected chi connectivity index (χ4v) is 7.56. The molecule has 0 aromatic heterocycles. The quantitative estimate of drug-likeness (QED) is 0.366. The maximum Gasteiger partial charge on any atom is -0.0181 e. The summed E-state index contributed by atoms with van der Waals surface area (Å²) in [5.41, 5.74) is 1.12. The number of rotatable bonds is 4. The minimum atomic E-state index is 0. The van der Waals surface area contributed by atoms with Crippen molar-refractivity contribution in [3.05, 3.63) is 12.7 Å². The van der Waals surface area contributed by atoms with E-state index in [0.29, 0.717) is 7.92 Å². The van der Waals surface area contributed by atoms with Crippen molar-refractivity contribution >= 4 is 24.9 Å². The van der Waals surface area contributed by atoms with Crippen LogP contribution in [0.3, 0.4) is 0 Å². The van der Waals surface area contributed by atoms with E-state index >= 15 is 0 Å². The summed E-state index contributed by atoms with van der Waals surface area (Å²) in [5.74, 6) is 3.14. The summed E-state index contributed by atoms with van der Waals surface area (Å²) in [6.07, 6.45) is 12.4. The van der Waals surface area contributed by atoms with Gasteiger partial charge in [-0.1, -0.05) is 19.9 Å². The number of halogens is 1. The van der Waals surface area contributed by atoms with E-state index in [2.05, 4.69) is 26.5 Å². The first-order valence-electron chi connectivity index (χ1n) is 7.07. The fraction of sp³-hybridized carbons (Fsp3) is 0.867. The lowest BCUT2D eigenvalue weighted by atomic mass is 9.76. The van der Waals surface area contributed by atoms with Crippen LogP contribution in [-0.2, 0) is 0 Å². The highest BCUT2D eigenvalue weighted by Gasteiger charge is 2.39. The Morgan fingerprint density at radius 3 is 2.71 bits per heavy atom. The van der Waals surface area contributed by atoms with Crippen molar-refractivity contribution in [2.45, 2.75) is 51.6 Å². The van der Waals surface area contributed by atoms with E-state index in [-0.39, 0.29) is 17.0 Å². The topological polar surface area (TPSA) is 0 Å². The highest BCUT2D eigenvalue weighted by Crippen LogP contribution is 2.58. The molecular formula is C15H28BrP. The van der Waals surface area contributed by atoms with Crippen LogP contribution in [0.5, 0.6) is 0 Å². The molecular weight excluding hydrogens is 291 g/mol. The van der Waals surface area contributed by atoms with Crippen LogP contribution in [0.2, 0.25) is 0 Å². The van der Waals surface area contributed by atoms with Crippen molar-refractivity contribution in [1.29, 1.82) is 0 Å². The van der Waals surface area contributed by atoms with E-state index in [1.54, 1.807) is 12.6 Å². The van der Waals surface area contributed by atoms with Crippen LogP contribution in [0.1, 0.15) is 46.0 Å². The fourth-order valence-electron chi connectivity index (χ4n) is 3.71. The van der Waals surface area contributed by atoms with E-state index in [1.807, 2.05) is 0 Å². The predicted molar refractivity (Wildman–Crippen MR) is 85.9 cm³/mol. The molecule has 0 nitrogen and oxygen atoms in total. The highest BCUT2D eigenvalue weighted by atomic mass is 79.9. The van der Waals surface area contributed by atoms with Gasteiger partial charge in [0.1, 0.15) is 0 Å². The SMILES string of the molecule is Br.C=CCCCP1CC(C)C2CCC(C)C1C2. The Bertz CT molecular complexity index is 241. The molecule has 2 rings (SSSR count). The molecule has 5 atom stereocenters. The van der Waals surface area contributed by atoms with Crippen LogP contribution in [0, 0.1) is 17.8 Å². The van der Waals surface area contributed by atoms with Crippen LogP contribution in [0.15, 0.2) is 12.7 Å². The maximum absolute atomic E-state index is 3.84. The van der Waals surface area contributed by atoms with Gasteiger partial charge in [0.15, 0.2) is 0 Å². The number of hydrogen-bond donors (Lipinski definition) is 0. The van der Waals surface area contributed by atoms with Gasteiger partial charge in [-0.15, -0.1) is 31.5 Å². The molecule has 5 unspecified atom stereocenters. The Balaban J connectivity index is 0.00000144. The van der Waals surface area contributed by atoms with Gasteiger partial charge < -0.3 is 0 Å². The lowest BCUT2D eigenvalue weighted by Crippen LogP contribution is -2.37. The van der Waals surface area contributed by atoms with Crippen LogP contribution < -0.4 is 0 Å². The third kappa shape index (κ3) is 3.80. The number of hydrogen-bond acceptors (Lipinski definition) is 0. The number of fused-ring (bicyclic) bond motifs is 2. The summed E-state index contributed by atoms with van der Waals surface area (Å²) >= 11 is 0. The average Bonchev–Trinajstić information content (AvgIpc) is 2.28. The van der Waals surface area contributed by atoms with Crippen LogP contribution in [-0.4, -0.2) is 18.0 Å². The first-order chi connectivity index (χ1) is 7.72. The van der Waals surface area contributed by atoms with Gasteiger partial charge in [0.05, 0.1) is 0 Å². The highest BCUT2D eigenvalue weighted by molar-refractivity contribution is 8.93. The van der Waals surface area contributed by atoms with E-state index in [1.165, 1.54) is 31.8 Å². The minimum absolute atomic E-state index is 0. The van der Waals surface area contributed by atoms with Crippen LogP contribution in [0.4, 0.5) is 0 Å². The molecule has 0 aromatic carbocycles. The molecule has 2 aliphatic rings. The molecule has 0 radical (unpaired) electrons. The zero-order valence-corrected chi connectivity index (χ0v) is 14.0. The second-order valence-electron chi connectivity index (χ2n) is 6.02. The second kappa shape index (κ2) is 7.29. The van der Waals surface area contributed by atoms with Crippen LogP contribution in [0.25, 0.3) is 0 Å². The lowest BCUT2D eigenvalue weighted by molar-refractivity contribution is 0.226. The molecule has 1 aliphatic carbocycles. The van der Waals surface area contributed by atoms with E-state index in [4.69, 9.17) is 0 Å². The van der Waals surface area contributed by atoms with Crippen LogP contribution >= 0.6 is 24.9 Å². The zero-order chi connectivity index (χ0) is 11.5. The Morgan fingerprint density at radius 1 is 1.24 bits per heavy atom. The smallest absolute Gasteiger partial charge is 0.0181 e. The maximum atomic E-state index is 3.84. The molecule has 0 aromatic rings. The van der Waals surface area contributed by atoms with Gasteiger partial charge in [0.25, 0.3) is 0 Å². The van der Waals surface area contributed by atoms with Crippen molar-refractivity contribution < 1.29 is 0 Å². The predicted octanol–water partition coefficient (Wildman–Crippen LogP) is 5.47. The molecule has 0 spiro atoms. The van der Waals surface area contributed by atoms with Gasteiger partial charge in [-0.05, 0) is 67.8 Å². The summed E-state index contributed by atoms with van der Waals surface area (Å²) in [7, 11) is 0.351. The second-order valence-corrected chi connectivity index (χ2v) is 8.67. The zero-order valence-electron chi connectivity index (χ0n) is 11.4. The average molecular weight is 319 g/mol. The molecule has 0 amide bonds. The van der Waals surface area contributed by atoms with Gasteiger partial charge in [-0.3, -0.25) is 0 Å². The van der Waals surface area contributed by atoms with Gasteiger partial charge in [-0.2, -0.15) is 0 Å². The summed E-state index contributed by atoms with van der Waals surface area (Å²) in [4.78, 5) is 0. The molecule has 2 heteroatoms. The molecule has 1 heterocycles. The molecule has 2 fully saturated rings. The molecule has 17 heavy (non-hydrogen) atoms. The molecule has 100 valence electrons. The molecule has 1 saturated heterocycles. The van der Waals surface area contributed by atoms with E-state index < -0.39 is 0 Å². The summed E-state index contributed by atoms with van der Waals surface area (Å²) in [6.45, 7) is 8.87. The summed E-state index contributed by atoms with van der Waals surface area (Å²) in [5, 5.41) is 0. The molecule has 0 N–H and O–H groups in total. The van der Waals surface area contributed by atoms with Gasteiger partial charge >= 0.3 is 0 Å². The first kappa shape index (κ1) is 15.7. The molecule has 1 aliphatic heterocycles. The van der Waals surface area contributed by atoms with Crippen molar-refractivity contribution in [1.82, 2.24) is 0 Å².